The summed E-state index contributed by atoms with van der Waals surface area (Å²) in [6.45, 7) is 4.43. The average Bonchev–Trinajstić information content (AvgIpc) is 2.70. The summed E-state index contributed by atoms with van der Waals surface area (Å²) in [5.41, 5.74) is 0. The predicted octanol–water partition coefficient (Wildman–Crippen LogP) is 2.33. The monoisotopic (exact) mass is 197 g/mol. The molecule has 0 unspecified atom stereocenters. The maximum Gasteiger partial charge on any atom is 0.0700 e. The Balaban J connectivity index is 1.60. The van der Waals surface area contributed by atoms with E-state index in [2.05, 4.69) is 12.2 Å². The van der Waals surface area contributed by atoms with Crippen molar-refractivity contribution >= 4 is 0 Å². The van der Waals surface area contributed by atoms with Crippen LogP contribution in [0.4, 0.5) is 0 Å². The fourth-order valence-corrected chi connectivity index (χ4v) is 2.57. The van der Waals surface area contributed by atoms with Gasteiger partial charge in [-0.3, -0.25) is 0 Å². The van der Waals surface area contributed by atoms with Crippen molar-refractivity contribution < 1.29 is 4.74 Å². The highest BCUT2D eigenvalue weighted by molar-refractivity contribution is 4.77. The van der Waals surface area contributed by atoms with Crippen LogP contribution in [0, 0.1) is 5.92 Å². The van der Waals surface area contributed by atoms with Gasteiger partial charge in [-0.05, 0) is 44.4 Å². The van der Waals surface area contributed by atoms with Crippen LogP contribution in [-0.4, -0.2) is 25.3 Å². The summed E-state index contributed by atoms with van der Waals surface area (Å²) < 4.78 is 5.60. The highest BCUT2D eigenvalue weighted by Gasteiger charge is 2.20. The summed E-state index contributed by atoms with van der Waals surface area (Å²) in [6, 6.07) is 0.774. The molecule has 0 aromatic carbocycles. The molecule has 2 nitrogen and oxygen atoms in total. The quantitative estimate of drug-likeness (QED) is 0.750. The van der Waals surface area contributed by atoms with Gasteiger partial charge in [0.1, 0.15) is 0 Å². The Kier molecular flexibility index (Phi) is 3.82. The molecule has 1 aliphatic heterocycles. The van der Waals surface area contributed by atoms with E-state index in [1.165, 1.54) is 38.5 Å². The van der Waals surface area contributed by atoms with Gasteiger partial charge in [0.2, 0.25) is 0 Å². The van der Waals surface area contributed by atoms with Gasteiger partial charge < -0.3 is 10.1 Å². The van der Waals surface area contributed by atoms with Crippen LogP contribution >= 0.6 is 0 Å². The van der Waals surface area contributed by atoms with Crippen molar-refractivity contribution in [3.63, 3.8) is 0 Å². The maximum atomic E-state index is 5.60. The Morgan fingerprint density at radius 2 is 1.93 bits per heavy atom. The molecule has 14 heavy (non-hydrogen) atoms. The topological polar surface area (TPSA) is 21.3 Å². The van der Waals surface area contributed by atoms with Crippen molar-refractivity contribution in [2.45, 2.75) is 57.6 Å². The van der Waals surface area contributed by atoms with Crippen LogP contribution in [0.3, 0.4) is 0 Å². The SMILES string of the molecule is CC1CCC(NC[C@H]2CCCO2)CC1. The molecule has 0 amide bonds. The maximum absolute atomic E-state index is 5.60. The van der Waals surface area contributed by atoms with Crippen molar-refractivity contribution in [2.24, 2.45) is 5.92 Å². The van der Waals surface area contributed by atoms with Crippen LogP contribution < -0.4 is 5.32 Å². The van der Waals surface area contributed by atoms with Crippen LogP contribution in [0.2, 0.25) is 0 Å². The van der Waals surface area contributed by atoms with Gasteiger partial charge in [-0.1, -0.05) is 6.92 Å². The summed E-state index contributed by atoms with van der Waals surface area (Å²) in [5.74, 6) is 0.954. The highest BCUT2D eigenvalue weighted by atomic mass is 16.5. The van der Waals surface area contributed by atoms with Crippen molar-refractivity contribution in [1.82, 2.24) is 5.32 Å². The molecule has 2 aliphatic rings. The molecule has 1 heterocycles. The number of hydrogen-bond acceptors (Lipinski definition) is 2. The first-order chi connectivity index (χ1) is 6.84. The van der Waals surface area contributed by atoms with Crippen LogP contribution in [0.15, 0.2) is 0 Å². The van der Waals surface area contributed by atoms with Crippen LogP contribution in [-0.2, 0) is 4.74 Å². The van der Waals surface area contributed by atoms with Gasteiger partial charge in [-0.2, -0.15) is 0 Å². The fraction of sp³-hybridized carbons (Fsp3) is 1.00. The van der Waals surface area contributed by atoms with Gasteiger partial charge in [0.05, 0.1) is 6.10 Å². The second-order valence-corrected chi connectivity index (χ2v) is 5.00. The Labute approximate surface area is 87.4 Å². The Bertz CT molecular complexity index is 158. The predicted molar refractivity (Wildman–Crippen MR) is 58.4 cm³/mol. The van der Waals surface area contributed by atoms with E-state index in [1.807, 2.05) is 0 Å². The fourth-order valence-electron chi connectivity index (χ4n) is 2.57. The number of rotatable bonds is 3. The number of nitrogens with one attached hydrogen (secondary N) is 1. The molecule has 1 saturated heterocycles. The molecule has 1 aliphatic carbocycles. The van der Waals surface area contributed by atoms with Crippen LogP contribution in [0.25, 0.3) is 0 Å². The minimum atomic E-state index is 0.509. The van der Waals surface area contributed by atoms with Gasteiger partial charge in [-0.25, -0.2) is 0 Å². The minimum absolute atomic E-state index is 0.509. The zero-order chi connectivity index (χ0) is 9.80. The summed E-state index contributed by atoms with van der Waals surface area (Å²) in [7, 11) is 0. The molecule has 0 spiro atoms. The van der Waals surface area contributed by atoms with E-state index >= 15 is 0 Å². The second kappa shape index (κ2) is 5.13. The minimum Gasteiger partial charge on any atom is -0.377 e. The lowest BCUT2D eigenvalue weighted by Crippen LogP contribution is -2.37. The smallest absolute Gasteiger partial charge is 0.0700 e. The zero-order valence-electron chi connectivity index (χ0n) is 9.30. The average molecular weight is 197 g/mol. The molecule has 0 aromatic heterocycles. The van der Waals surface area contributed by atoms with E-state index in [-0.39, 0.29) is 0 Å². The van der Waals surface area contributed by atoms with E-state index in [1.54, 1.807) is 0 Å². The Hall–Kier alpha value is -0.0800. The van der Waals surface area contributed by atoms with E-state index in [4.69, 9.17) is 4.74 Å². The van der Waals surface area contributed by atoms with Crippen molar-refractivity contribution in [3.05, 3.63) is 0 Å². The molecular formula is C12H23NO. The molecule has 1 N–H and O–H groups in total. The van der Waals surface area contributed by atoms with Crippen LogP contribution in [0.1, 0.15) is 45.4 Å². The molecule has 1 atom stereocenters. The van der Waals surface area contributed by atoms with Crippen molar-refractivity contribution in [2.75, 3.05) is 13.2 Å². The summed E-state index contributed by atoms with van der Waals surface area (Å²) in [6.07, 6.45) is 8.58. The number of hydrogen-bond donors (Lipinski definition) is 1. The van der Waals surface area contributed by atoms with E-state index < -0.39 is 0 Å². The summed E-state index contributed by atoms with van der Waals surface area (Å²) >= 11 is 0. The lowest BCUT2D eigenvalue weighted by atomic mass is 9.87. The van der Waals surface area contributed by atoms with Gasteiger partial charge in [0.25, 0.3) is 0 Å². The molecule has 0 bridgehead atoms. The first kappa shape index (κ1) is 10.4. The number of ether oxygens (including phenoxy) is 1. The Morgan fingerprint density at radius 3 is 2.57 bits per heavy atom. The van der Waals surface area contributed by atoms with E-state index in [0.717, 1.165) is 25.1 Å². The van der Waals surface area contributed by atoms with Crippen molar-refractivity contribution in [3.8, 4) is 0 Å². The molecule has 2 fully saturated rings. The van der Waals surface area contributed by atoms with E-state index in [9.17, 15) is 0 Å². The lowest BCUT2D eigenvalue weighted by Gasteiger charge is -2.27. The molecule has 1 saturated carbocycles. The largest absolute Gasteiger partial charge is 0.377 e. The summed E-state index contributed by atoms with van der Waals surface area (Å²) in [4.78, 5) is 0. The lowest BCUT2D eigenvalue weighted by molar-refractivity contribution is 0.105. The van der Waals surface area contributed by atoms with Gasteiger partial charge in [-0.15, -0.1) is 0 Å². The standard InChI is InChI=1S/C12H23NO/c1-10-4-6-11(7-5-10)13-9-12-3-2-8-14-12/h10-13H,2-9H2,1H3/t10?,11?,12-/m1/s1. The van der Waals surface area contributed by atoms with E-state index in [0.29, 0.717) is 6.10 Å². The third-order valence-electron chi connectivity index (χ3n) is 3.67. The normalized spacial score (nSPS) is 38.8. The zero-order valence-corrected chi connectivity index (χ0v) is 9.30. The van der Waals surface area contributed by atoms with Gasteiger partial charge >= 0.3 is 0 Å². The molecular weight excluding hydrogens is 174 g/mol. The molecule has 0 radical (unpaired) electrons. The van der Waals surface area contributed by atoms with Crippen molar-refractivity contribution in [1.29, 1.82) is 0 Å². The molecule has 2 heteroatoms. The Morgan fingerprint density at radius 1 is 1.14 bits per heavy atom. The third kappa shape index (κ3) is 2.96. The molecule has 2 rings (SSSR count). The first-order valence-electron chi connectivity index (χ1n) is 6.19. The van der Waals surface area contributed by atoms with Gasteiger partial charge in [0, 0.05) is 19.2 Å². The third-order valence-corrected chi connectivity index (χ3v) is 3.67. The molecule has 82 valence electrons. The highest BCUT2D eigenvalue weighted by Crippen LogP contribution is 2.23. The second-order valence-electron chi connectivity index (χ2n) is 5.00. The van der Waals surface area contributed by atoms with Gasteiger partial charge in [0.15, 0.2) is 0 Å². The van der Waals surface area contributed by atoms with Crippen LogP contribution in [0.5, 0.6) is 0 Å². The first-order valence-corrected chi connectivity index (χ1v) is 6.19. The molecule has 0 aromatic rings. The summed E-state index contributed by atoms with van der Waals surface area (Å²) in [5, 5.41) is 3.66.